The fourth-order valence-corrected chi connectivity index (χ4v) is 5.63. The number of halogens is 1. The van der Waals surface area contributed by atoms with Gasteiger partial charge in [-0.25, -0.2) is 9.37 Å². The average Bonchev–Trinajstić information content (AvgIpc) is 2.80. The number of rotatable bonds is 1. The predicted octanol–water partition coefficient (Wildman–Crippen LogP) is 4.17. The van der Waals surface area contributed by atoms with Gasteiger partial charge in [-0.2, -0.15) is 0 Å². The minimum Gasteiger partial charge on any atom is -0.341 e. The largest absolute Gasteiger partial charge is 0.341 e. The second-order valence-corrected chi connectivity index (χ2v) is 7.44. The highest BCUT2D eigenvalue weighted by Crippen LogP contribution is 2.60. The highest BCUT2D eigenvalue weighted by atomic mass is 19.1. The topological polar surface area (TPSA) is 28.7 Å². The first kappa shape index (κ1) is 11.3. The average molecular weight is 270 g/mol. The third kappa shape index (κ3) is 1.46. The zero-order valence-corrected chi connectivity index (χ0v) is 11.5. The molecular weight excluding hydrogens is 251 g/mol. The van der Waals surface area contributed by atoms with E-state index in [0.717, 1.165) is 34.6 Å². The van der Waals surface area contributed by atoms with E-state index in [1.54, 1.807) is 12.1 Å². The molecule has 2 nitrogen and oxygen atoms in total. The van der Waals surface area contributed by atoms with Gasteiger partial charge in [-0.1, -0.05) is 0 Å². The van der Waals surface area contributed by atoms with Crippen molar-refractivity contribution in [3.8, 4) is 0 Å². The van der Waals surface area contributed by atoms with E-state index >= 15 is 0 Å². The van der Waals surface area contributed by atoms with Gasteiger partial charge in [0.15, 0.2) is 0 Å². The van der Waals surface area contributed by atoms with Gasteiger partial charge in [0.1, 0.15) is 11.6 Å². The van der Waals surface area contributed by atoms with E-state index in [1.807, 2.05) is 0 Å². The van der Waals surface area contributed by atoms with Crippen LogP contribution in [0, 0.1) is 23.6 Å². The minimum atomic E-state index is -0.182. The maximum atomic E-state index is 13.4. The van der Waals surface area contributed by atoms with Gasteiger partial charge in [0, 0.05) is 5.41 Å². The Morgan fingerprint density at radius 1 is 1.05 bits per heavy atom. The summed E-state index contributed by atoms with van der Waals surface area (Å²) < 4.78 is 13.4. The Kier molecular flexibility index (Phi) is 2.05. The Morgan fingerprint density at radius 2 is 1.70 bits per heavy atom. The smallest absolute Gasteiger partial charge is 0.125 e. The first-order valence-corrected chi connectivity index (χ1v) is 7.86. The monoisotopic (exact) mass is 270 g/mol. The molecule has 4 saturated carbocycles. The van der Waals surface area contributed by atoms with Crippen molar-refractivity contribution < 1.29 is 4.39 Å². The van der Waals surface area contributed by atoms with Crippen LogP contribution in [0.4, 0.5) is 4.39 Å². The molecule has 0 atom stereocenters. The third-order valence-electron chi connectivity index (χ3n) is 5.98. The Bertz CT molecular complexity index is 652. The summed E-state index contributed by atoms with van der Waals surface area (Å²) in [5.41, 5.74) is 2.04. The summed E-state index contributed by atoms with van der Waals surface area (Å²) in [6.07, 6.45) is 8.19. The highest BCUT2D eigenvalue weighted by Gasteiger charge is 2.53. The van der Waals surface area contributed by atoms with Crippen molar-refractivity contribution in [2.24, 2.45) is 17.8 Å². The molecule has 20 heavy (non-hydrogen) atoms. The molecule has 104 valence electrons. The number of nitrogens with zero attached hydrogens (tertiary/aromatic N) is 1. The predicted molar refractivity (Wildman–Crippen MR) is 75.9 cm³/mol. The Balaban J connectivity index is 1.63. The number of aromatic nitrogens is 2. The van der Waals surface area contributed by atoms with E-state index in [1.165, 1.54) is 44.6 Å². The maximum Gasteiger partial charge on any atom is 0.125 e. The van der Waals surface area contributed by atoms with Crippen molar-refractivity contribution in [2.45, 2.75) is 43.9 Å². The fraction of sp³-hybridized carbons (Fsp3) is 0.588. The Hall–Kier alpha value is -1.38. The first-order valence-electron chi connectivity index (χ1n) is 7.86. The zero-order valence-electron chi connectivity index (χ0n) is 11.5. The molecule has 0 amide bonds. The number of hydrogen-bond donors (Lipinski definition) is 1. The SMILES string of the molecule is Fc1ccc2nc(C34CC5CC(CC(C5)C3)C4)[nH]c2c1. The summed E-state index contributed by atoms with van der Waals surface area (Å²) in [7, 11) is 0. The molecule has 0 aliphatic heterocycles. The van der Waals surface area contributed by atoms with Gasteiger partial charge in [0.05, 0.1) is 11.0 Å². The van der Waals surface area contributed by atoms with Gasteiger partial charge in [0.2, 0.25) is 0 Å². The number of hydrogen-bond acceptors (Lipinski definition) is 1. The number of aromatic amines is 1. The van der Waals surface area contributed by atoms with Crippen LogP contribution in [0.15, 0.2) is 18.2 Å². The van der Waals surface area contributed by atoms with Crippen LogP contribution in [0.1, 0.15) is 44.3 Å². The van der Waals surface area contributed by atoms with E-state index in [-0.39, 0.29) is 11.2 Å². The molecule has 1 aromatic carbocycles. The quantitative estimate of drug-likeness (QED) is 0.827. The fourth-order valence-electron chi connectivity index (χ4n) is 5.63. The molecule has 4 aliphatic rings. The summed E-state index contributed by atoms with van der Waals surface area (Å²) in [5.74, 6) is 3.68. The molecule has 2 aromatic rings. The summed E-state index contributed by atoms with van der Waals surface area (Å²) in [4.78, 5) is 8.26. The molecule has 1 N–H and O–H groups in total. The number of fused-ring (bicyclic) bond motifs is 1. The first-order chi connectivity index (χ1) is 9.70. The van der Waals surface area contributed by atoms with Crippen LogP contribution in [0.25, 0.3) is 11.0 Å². The van der Waals surface area contributed by atoms with E-state index in [2.05, 4.69) is 4.98 Å². The Labute approximate surface area is 117 Å². The number of nitrogens with one attached hydrogen (secondary N) is 1. The summed E-state index contributed by atoms with van der Waals surface area (Å²) in [6.45, 7) is 0. The molecule has 3 heteroatoms. The van der Waals surface area contributed by atoms with Crippen molar-refractivity contribution >= 4 is 11.0 Å². The summed E-state index contributed by atoms with van der Waals surface area (Å²) in [5, 5.41) is 0. The summed E-state index contributed by atoms with van der Waals surface area (Å²) >= 11 is 0. The van der Waals surface area contributed by atoms with Crippen LogP contribution in [0.2, 0.25) is 0 Å². The number of imidazole rings is 1. The van der Waals surface area contributed by atoms with Gasteiger partial charge in [-0.15, -0.1) is 0 Å². The molecule has 0 saturated heterocycles. The summed E-state index contributed by atoms with van der Waals surface area (Å²) in [6, 6.07) is 4.88. The van der Waals surface area contributed by atoms with E-state index in [4.69, 9.17) is 4.98 Å². The van der Waals surface area contributed by atoms with Crippen molar-refractivity contribution in [1.82, 2.24) is 9.97 Å². The van der Waals surface area contributed by atoms with Gasteiger partial charge >= 0.3 is 0 Å². The molecule has 1 heterocycles. The van der Waals surface area contributed by atoms with E-state index in [9.17, 15) is 4.39 Å². The normalized spacial score (nSPS) is 38.8. The van der Waals surface area contributed by atoms with Gasteiger partial charge in [0.25, 0.3) is 0 Å². The lowest BCUT2D eigenvalue weighted by Gasteiger charge is -2.55. The van der Waals surface area contributed by atoms with Crippen LogP contribution in [-0.2, 0) is 5.41 Å². The van der Waals surface area contributed by atoms with E-state index in [0.29, 0.717) is 0 Å². The standard InChI is InChI=1S/C17H19FN2/c18-13-1-2-14-15(6-13)20-16(19-14)17-7-10-3-11(8-17)5-12(4-10)9-17/h1-2,6,10-12H,3-5,7-9H2,(H,19,20). The molecule has 4 aliphatic carbocycles. The van der Waals surface area contributed by atoms with Crippen LogP contribution in [0.5, 0.6) is 0 Å². The molecule has 1 aromatic heterocycles. The lowest BCUT2D eigenvalue weighted by Crippen LogP contribution is -2.49. The van der Waals surface area contributed by atoms with Crippen LogP contribution in [0.3, 0.4) is 0 Å². The molecule has 4 fully saturated rings. The number of H-pyrrole nitrogens is 1. The van der Waals surface area contributed by atoms with Crippen molar-refractivity contribution in [3.05, 3.63) is 29.8 Å². The molecule has 0 spiro atoms. The molecule has 0 unspecified atom stereocenters. The highest BCUT2D eigenvalue weighted by molar-refractivity contribution is 5.75. The molecular formula is C17H19FN2. The molecule has 4 bridgehead atoms. The second kappa shape index (κ2) is 3.63. The molecule has 6 rings (SSSR count). The van der Waals surface area contributed by atoms with Crippen molar-refractivity contribution in [3.63, 3.8) is 0 Å². The minimum absolute atomic E-state index is 0.182. The van der Waals surface area contributed by atoms with E-state index < -0.39 is 0 Å². The second-order valence-electron chi connectivity index (χ2n) is 7.44. The van der Waals surface area contributed by atoms with Crippen molar-refractivity contribution in [2.75, 3.05) is 0 Å². The van der Waals surface area contributed by atoms with Crippen LogP contribution >= 0.6 is 0 Å². The Morgan fingerprint density at radius 3 is 2.35 bits per heavy atom. The molecule has 0 radical (unpaired) electrons. The van der Waals surface area contributed by atoms with Gasteiger partial charge < -0.3 is 4.98 Å². The van der Waals surface area contributed by atoms with Gasteiger partial charge in [-0.05, 0) is 74.5 Å². The van der Waals surface area contributed by atoms with Crippen LogP contribution in [-0.4, -0.2) is 9.97 Å². The van der Waals surface area contributed by atoms with Gasteiger partial charge in [-0.3, -0.25) is 0 Å². The third-order valence-corrected chi connectivity index (χ3v) is 5.98. The lowest BCUT2D eigenvalue weighted by molar-refractivity contribution is -0.00886. The number of benzene rings is 1. The van der Waals surface area contributed by atoms with Crippen molar-refractivity contribution in [1.29, 1.82) is 0 Å². The zero-order chi connectivity index (χ0) is 13.3. The van der Waals surface area contributed by atoms with Crippen LogP contribution < -0.4 is 0 Å². The lowest BCUT2D eigenvalue weighted by atomic mass is 9.49. The maximum absolute atomic E-state index is 13.4.